The van der Waals surface area contributed by atoms with Gasteiger partial charge in [-0.1, -0.05) is 27.2 Å². The molecule has 0 radical (unpaired) electrons. The monoisotopic (exact) mass is 222 g/mol. The quantitative estimate of drug-likeness (QED) is 0.665. The van der Waals surface area contributed by atoms with Crippen LogP contribution in [-0.4, -0.2) is 10.7 Å². The minimum atomic E-state index is -0.376. The standard InChI is InChI=1S/C15H26O/c1-9-5-6-10-12(9)13-11(14(13,2)3)7-8-15(10,4)16/h9-13,16H,5-8H2,1-4H3/t9-,10?,11-,12-,13-,15-/m1/s1. The molecule has 0 bridgehead atoms. The van der Waals surface area contributed by atoms with Gasteiger partial charge in [-0.15, -0.1) is 0 Å². The predicted octanol–water partition coefficient (Wildman–Crippen LogP) is 3.47. The normalized spacial score (nSPS) is 58.7. The lowest BCUT2D eigenvalue weighted by Crippen LogP contribution is -2.38. The van der Waals surface area contributed by atoms with E-state index in [1.54, 1.807) is 0 Å². The molecule has 3 rings (SSSR count). The van der Waals surface area contributed by atoms with Crippen molar-refractivity contribution in [2.45, 2.75) is 59.0 Å². The highest BCUT2D eigenvalue weighted by molar-refractivity contribution is 5.14. The zero-order valence-corrected chi connectivity index (χ0v) is 11.2. The molecule has 3 fully saturated rings. The smallest absolute Gasteiger partial charge is 0.0650 e. The summed E-state index contributed by atoms with van der Waals surface area (Å²) in [5.41, 5.74) is 0.191. The molecule has 92 valence electrons. The van der Waals surface area contributed by atoms with Crippen molar-refractivity contribution >= 4 is 0 Å². The molecule has 0 amide bonds. The Hall–Kier alpha value is -0.0400. The van der Waals surface area contributed by atoms with Crippen LogP contribution in [0.25, 0.3) is 0 Å². The highest BCUT2D eigenvalue weighted by atomic mass is 16.3. The van der Waals surface area contributed by atoms with Crippen LogP contribution in [0.5, 0.6) is 0 Å². The fourth-order valence-electron chi connectivity index (χ4n) is 5.29. The minimum Gasteiger partial charge on any atom is -0.390 e. The van der Waals surface area contributed by atoms with Gasteiger partial charge in [0.25, 0.3) is 0 Å². The molecule has 1 nitrogen and oxygen atoms in total. The molecule has 0 aromatic carbocycles. The van der Waals surface area contributed by atoms with E-state index in [0.717, 1.165) is 30.1 Å². The van der Waals surface area contributed by atoms with Crippen LogP contribution in [0.2, 0.25) is 0 Å². The second-order valence-electron chi connectivity index (χ2n) is 7.59. The van der Waals surface area contributed by atoms with Gasteiger partial charge in [0.2, 0.25) is 0 Å². The largest absolute Gasteiger partial charge is 0.390 e. The Morgan fingerprint density at radius 1 is 1.00 bits per heavy atom. The molecule has 0 aliphatic heterocycles. The highest BCUT2D eigenvalue weighted by Crippen LogP contribution is 2.71. The molecule has 0 aromatic heterocycles. The van der Waals surface area contributed by atoms with Crippen molar-refractivity contribution in [3.8, 4) is 0 Å². The van der Waals surface area contributed by atoms with Crippen molar-refractivity contribution < 1.29 is 5.11 Å². The average molecular weight is 222 g/mol. The van der Waals surface area contributed by atoms with Gasteiger partial charge in [-0.05, 0) is 61.2 Å². The fourth-order valence-corrected chi connectivity index (χ4v) is 5.29. The Balaban J connectivity index is 1.94. The third-order valence-electron chi connectivity index (χ3n) is 6.37. The van der Waals surface area contributed by atoms with Crippen LogP contribution in [0.15, 0.2) is 0 Å². The van der Waals surface area contributed by atoms with Crippen molar-refractivity contribution in [2.75, 3.05) is 0 Å². The van der Waals surface area contributed by atoms with Gasteiger partial charge in [-0.2, -0.15) is 0 Å². The van der Waals surface area contributed by atoms with Gasteiger partial charge in [0.1, 0.15) is 0 Å². The Labute approximate surface area is 99.6 Å². The second kappa shape index (κ2) is 3.04. The molecule has 3 aliphatic carbocycles. The van der Waals surface area contributed by atoms with Crippen LogP contribution in [0.3, 0.4) is 0 Å². The maximum absolute atomic E-state index is 10.7. The molecular formula is C15H26O. The van der Waals surface area contributed by atoms with Crippen LogP contribution in [-0.2, 0) is 0 Å². The van der Waals surface area contributed by atoms with Crippen LogP contribution in [0.4, 0.5) is 0 Å². The first-order valence-corrected chi connectivity index (χ1v) is 7.08. The van der Waals surface area contributed by atoms with Crippen molar-refractivity contribution in [2.24, 2.45) is 35.0 Å². The van der Waals surface area contributed by atoms with E-state index < -0.39 is 0 Å². The summed E-state index contributed by atoms with van der Waals surface area (Å²) in [4.78, 5) is 0. The van der Waals surface area contributed by atoms with E-state index in [4.69, 9.17) is 0 Å². The molecule has 1 heteroatoms. The zero-order valence-electron chi connectivity index (χ0n) is 11.2. The van der Waals surface area contributed by atoms with Gasteiger partial charge in [-0.25, -0.2) is 0 Å². The van der Waals surface area contributed by atoms with Crippen molar-refractivity contribution in [3.05, 3.63) is 0 Å². The molecule has 3 saturated carbocycles. The number of aliphatic hydroxyl groups is 1. The molecule has 1 unspecified atom stereocenters. The van der Waals surface area contributed by atoms with Crippen LogP contribution in [0, 0.1) is 35.0 Å². The first-order valence-electron chi connectivity index (χ1n) is 7.08. The number of hydrogen-bond acceptors (Lipinski definition) is 1. The Bertz CT molecular complexity index is 305. The van der Waals surface area contributed by atoms with Crippen molar-refractivity contribution in [1.82, 2.24) is 0 Å². The molecule has 0 saturated heterocycles. The van der Waals surface area contributed by atoms with Gasteiger partial charge in [0.15, 0.2) is 0 Å². The van der Waals surface area contributed by atoms with Gasteiger partial charge < -0.3 is 5.11 Å². The first-order chi connectivity index (χ1) is 7.36. The van der Waals surface area contributed by atoms with Gasteiger partial charge in [-0.3, -0.25) is 0 Å². The predicted molar refractivity (Wildman–Crippen MR) is 66.0 cm³/mol. The lowest BCUT2D eigenvalue weighted by molar-refractivity contribution is -0.0302. The number of fused-ring (bicyclic) bond motifs is 3. The molecule has 0 spiro atoms. The van der Waals surface area contributed by atoms with E-state index in [9.17, 15) is 5.11 Å². The summed E-state index contributed by atoms with van der Waals surface area (Å²) >= 11 is 0. The molecule has 1 N–H and O–H groups in total. The van der Waals surface area contributed by atoms with Gasteiger partial charge in [0.05, 0.1) is 5.60 Å². The summed E-state index contributed by atoms with van der Waals surface area (Å²) in [6.07, 6.45) is 4.89. The lowest BCUT2D eigenvalue weighted by atomic mass is 9.74. The maximum atomic E-state index is 10.7. The number of rotatable bonds is 0. The fraction of sp³-hybridized carbons (Fsp3) is 1.00. The molecule has 16 heavy (non-hydrogen) atoms. The van der Waals surface area contributed by atoms with Crippen LogP contribution < -0.4 is 0 Å². The lowest BCUT2D eigenvalue weighted by Gasteiger charge is -2.35. The summed E-state index contributed by atoms with van der Waals surface area (Å²) in [5.74, 6) is 4.03. The maximum Gasteiger partial charge on any atom is 0.0650 e. The van der Waals surface area contributed by atoms with Gasteiger partial charge >= 0.3 is 0 Å². The summed E-state index contributed by atoms with van der Waals surface area (Å²) < 4.78 is 0. The third kappa shape index (κ3) is 1.27. The Morgan fingerprint density at radius 2 is 1.69 bits per heavy atom. The third-order valence-corrected chi connectivity index (χ3v) is 6.37. The summed E-state index contributed by atoms with van der Waals surface area (Å²) in [6.45, 7) is 9.41. The van der Waals surface area contributed by atoms with E-state index in [2.05, 4.69) is 27.7 Å². The van der Waals surface area contributed by atoms with Gasteiger partial charge in [0, 0.05) is 0 Å². The van der Waals surface area contributed by atoms with E-state index >= 15 is 0 Å². The van der Waals surface area contributed by atoms with E-state index in [1.165, 1.54) is 19.3 Å². The first kappa shape index (κ1) is 11.1. The minimum absolute atomic E-state index is 0.376. The summed E-state index contributed by atoms with van der Waals surface area (Å²) in [5, 5.41) is 10.7. The van der Waals surface area contributed by atoms with Crippen molar-refractivity contribution in [1.29, 1.82) is 0 Å². The molecule has 3 aliphatic rings. The van der Waals surface area contributed by atoms with E-state index in [1.807, 2.05) is 0 Å². The van der Waals surface area contributed by atoms with Crippen LogP contribution >= 0.6 is 0 Å². The second-order valence-corrected chi connectivity index (χ2v) is 7.59. The summed E-state index contributed by atoms with van der Waals surface area (Å²) in [6, 6.07) is 0. The molecule has 0 heterocycles. The Morgan fingerprint density at radius 3 is 2.38 bits per heavy atom. The topological polar surface area (TPSA) is 20.2 Å². The Kier molecular flexibility index (Phi) is 2.11. The van der Waals surface area contributed by atoms with E-state index in [0.29, 0.717) is 11.3 Å². The molecule has 6 atom stereocenters. The van der Waals surface area contributed by atoms with E-state index in [-0.39, 0.29) is 5.60 Å². The summed E-state index contributed by atoms with van der Waals surface area (Å²) in [7, 11) is 0. The van der Waals surface area contributed by atoms with Crippen LogP contribution in [0.1, 0.15) is 53.4 Å². The molecular weight excluding hydrogens is 196 g/mol. The van der Waals surface area contributed by atoms with Crippen molar-refractivity contribution in [3.63, 3.8) is 0 Å². The zero-order chi connectivity index (χ0) is 11.7. The average Bonchev–Trinajstić information content (AvgIpc) is 2.51. The SMILES string of the molecule is C[C@@H]1CCC2[C@@H]1[C@H]1[C@@H](CC[C@@]2(C)O)C1(C)C. The highest BCUT2D eigenvalue weighted by Gasteiger charge is 2.66. The molecule has 0 aromatic rings. The number of hydrogen-bond donors (Lipinski definition) is 1.